The van der Waals surface area contributed by atoms with Crippen molar-refractivity contribution in [1.82, 2.24) is 9.80 Å². The molecule has 2 heteroatoms. The first kappa shape index (κ1) is 11.0. The topological polar surface area (TPSA) is 6.48 Å². The largest absolute Gasteiger partial charge is 0.291 e. The predicted molar refractivity (Wildman–Crippen MR) is 57.7 cm³/mol. The van der Waals surface area contributed by atoms with Crippen molar-refractivity contribution in [2.75, 3.05) is 26.8 Å². The molecule has 1 fully saturated rings. The molecule has 0 aromatic carbocycles. The Morgan fingerprint density at radius 3 is 2.31 bits per heavy atom. The molecule has 1 rings (SSSR count). The minimum atomic E-state index is 0.666. The normalized spacial score (nSPS) is 21.7. The first-order chi connectivity index (χ1) is 6.09. The number of likely N-dealkylation sites (tertiary alicyclic amines) is 1. The standard InChI is InChI=1S/C11H24N2/c1-10(2)12(4)9-13-7-5-11(3)6-8-13/h10-11H,5-9H2,1-4H3. The van der Waals surface area contributed by atoms with Gasteiger partial charge in [0, 0.05) is 6.04 Å². The smallest absolute Gasteiger partial charge is 0.0505 e. The maximum Gasteiger partial charge on any atom is 0.0505 e. The molecule has 0 bridgehead atoms. The van der Waals surface area contributed by atoms with Crippen molar-refractivity contribution in [3.05, 3.63) is 0 Å². The molecule has 0 aliphatic carbocycles. The highest BCUT2D eigenvalue weighted by Gasteiger charge is 2.17. The van der Waals surface area contributed by atoms with Gasteiger partial charge >= 0.3 is 0 Å². The number of piperidine rings is 1. The Balaban J connectivity index is 2.22. The van der Waals surface area contributed by atoms with Crippen molar-refractivity contribution in [2.24, 2.45) is 5.92 Å². The van der Waals surface area contributed by atoms with E-state index in [2.05, 4.69) is 37.6 Å². The van der Waals surface area contributed by atoms with E-state index in [1.165, 1.54) is 25.9 Å². The van der Waals surface area contributed by atoms with Crippen LogP contribution in [0.5, 0.6) is 0 Å². The Labute approximate surface area is 82.9 Å². The van der Waals surface area contributed by atoms with E-state index >= 15 is 0 Å². The summed E-state index contributed by atoms with van der Waals surface area (Å²) in [6, 6.07) is 0.666. The highest BCUT2D eigenvalue weighted by atomic mass is 15.3. The molecule has 0 atom stereocenters. The summed E-state index contributed by atoms with van der Waals surface area (Å²) in [5.41, 5.74) is 0. The lowest BCUT2D eigenvalue weighted by molar-refractivity contribution is 0.0980. The van der Waals surface area contributed by atoms with E-state index in [9.17, 15) is 0 Å². The number of nitrogens with zero attached hydrogens (tertiary/aromatic N) is 2. The van der Waals surface area contributed by atoms with Gasteiger partial charge in [-0.15, -0.1) is 0 Å². The molecule has 2 nitrogen and oxygen atoms in total. The van der Waals surface area contributed by atoms with Crippen LogP contribution in [0.4, 0.5) is 0 Å². The molecule has 1 aliphatic rings. The van der Waals surface area contributed by atoms with E-state index in [-0.39, 0.29) is 0 Å². The minimum absolute atomic E-state index is 0.666. The fourth-order valence-corrected chi connectivity index (χ4v) is 1.68. The number of rotatable bonds is 3. The molecule has 0 aromatic heterocycles. The molecule has 1 aliphatic heterocycles. The van der Waals surface area contributed by atoms with Crippen LogP contribution in [0.3, 0.4) is 0 Å². The second-order valence-corrected chi connectivity index (χ2v) is 4.79. The highest BCUT2D eigenvalue weighted by molar-refractivity contribution is 4.69. The van der Waals surface area contributed by atoms with Crippen LogP contribution in [0.2, 0.25) is 0 Å². The van der Waals surface area contributed by atoms with Crippen LogP contribution in [-0.4, -0.2) is 42.6 Å². The average Bonchev–Trinajstić information content (AvgIpc) is 2.08. The van der Waals surface area contributed by atoms with Crippen LogP contribution >= 0.6 is 0 Å². The molecule has 0 radical (unpaired) electrons. The molecule has 78 valence electrons. The summed E-state index contributed by atoms with van der Waals surface area (Å²) in [6.07, 6.45) is 2.76. The van der Waals surface area contributed by atoms with Crippen molar-refractivity contribution in [3.8, 4) is 0 Å². The summed E-state index contributed by atoms with van der Waals surface area (Å²) in [5.74, 6) is 0.945. The van der Waals surface area contributed by atoms with Gasteiger partial charge in [-0.3, -0.25) is 9.80 Å². The van der Waals surface area contributed by atoms with Crippen LogP contribution in [0.25, 0.3) is 0 Å². The van der Waals surface area contributed by atoms with Crippen LogP contribution in [0.1, 0.15) is 33.6 Å². The first-order valence-electron chi connectivity index (χ1n) is 5.52. The third-order valence-electron chi connectivity index (χ3n) is 3.18. The lowest BCUT2D eigenvalue weighted by atomic mass is 10.00. The van der Waals surface area contributed by atoms with E-state index in [0.29, 0.717) is 6.04 Å². The molecule has 13 heavy (non-hydrogen) atoms. The molecule has 1 heterocycles. The van der Waals surface area contributed by atoms with E-state index in [0.717, 1.165) is 12.6 Å². The fourth-order valence-electron chi connectivity index (χ4n) is 1.68. The van der Waals surface area contributed by atoms with Gasteiger partial charge < -0.3 is 0 Å². The fraction of sp³-hybridized carbons (Fsp3) is 1.00. The zero-order valence-corrected chi connectivity index (χ0v) is 9.58. The van der Waals surface area contributed by atoms with E-state index < -0.39 is 0 Å². The van der Waals surface area contributed by atoms with Crippen molar-refractivity contribution in [2.45, 2.75) is 39.7 Å². The Morgan fingerprint density at radius 2 is 1.85 bits per heavy atom. The minimum Gasteiger partial charge on any atom is -0.291 e. The average molecular weight is 184 g/mol. The molecule has 1 saturated heterocycles. The van der Waals surface area contributed by atoms with Gasteiger partial charge in [0.1, 0.15) is 0 Å². The summed E-state index contributed by atoms with van der Waals surface area (Å²) in [6.45, 7) is 10.6. The zero-order chi connectivity index (χ0) is 9.84. The summed E-state index contributed by atoms with van der Waals surface area (Å²) >= 11 is 0. The molecular formula is C11H24N2. The Bertz CT molecular complexity index is 137. The summed E-state index contributed by atoms with van der Waals surface area (Å²) in [7, 11) is 2.21. The molecule has 0 amide bonds. The van der Waals surface area contributed by atoms with E-state index in [1.807, 2.05) is 0 Å². The third-order valence-corrected chi connectivity index (χ3v) is 3.18. The van der Waals surface area contributed by atoms with Gasteiger partial charge in [0.05, 0.1) is 6.67 Å². The van der Waals surface area contributed by atoms with Gasteiger partial charge in [-0.1, -0.05) is 6.92 Å². The van der Waals surface area contributed by atoms with Crippen molar-refractivity contribution in [1.29, 1.82) is 0 Å². The Hall–Kier alpha value is -0.0800. The molecule has 0 saturated carbocycles. The first-order valence-corrected chi connectivity index (χ1v) is 5.52. The zero-order valence-electron chi connectivity index (χ0n) is 9.58. The van der Waals surface area contributed by atoms with Gasteiger partial charge in [0.25, 0.3) is 0 Å². The SMILES string of the molecule is CC1CCN(CN(C)C(C)C)CC1. The quantitative estimate of drug-likeness (QED) is 0.662. The maximum absolute atomic E-state index is 2.57. The van der Waals surface area contributed by atoms with E-state index in [4.69, 9.17) is 0 Å². The number of hydrogen-bond acceptors (Lipinski definition) is 2. The van der Waals surface area contributed by atoms with Crippen LogP contribution in [0, 0.1) is 5.92 Å². The second-order valence-electron chi connectivity index (χ2n) is 4.79. The highest BCUT2D eigenvalue weighted by Crippen LogP contribution is 2.16. The Kier molecular flexibility index (Phi) is 4.20. The van der Waals surface area contributed by atoms with Crippen molar-refractivity contribution in [3.63, 3.8) is 0 Å². The molecule has 0 unspecified atom stereocenters. The van der Waals surface area contributed by atoms with Crippen LogP contribution < -0.4 is 0 Å². The van der Waals surface area contributed by atoms with Gasteiger partial charge in [-0.25, -0.2) is 0 Å². The lowest BCUT2D eigenvalue weighted by Gasteiger charge is -2.34. The summed E-state index contributed by atoms with van der Waals surface area (Å²) < 4.78 is 0. The van der Waals surface area contributed by atoms with Crippen LogP contribution in [-0.2, 0) is 0 Å². The second kappa shape index (κ2) is 4.97. The van der Waals surface area contributed by atoms with Gasteiger partial charge in [-0.2, -0.15) is 0 Å². The molecular weight excluding hydrogens is 160 g/mol. The predicted octanol–water partition coefficient (Wildman–Crippen LogP) is 2.02. The lowest BCUT2D eigenvalue weighted by Crippen LogP contribution is -2.42. The van der Waals surface area contributed by atoms with Crippen LogP contribution in [0.15, 0.2) is 0 Å². The summed E-state index contributed by atoms with van der Waals surface area (Å²) in [4.78, 5) is 4.98. The monoisotopic (exact) mass is 184 g/mol. The maximum atomic E-state index is 2.57. The van der Waals surface area contributed by atoms with Gasteiger partial charge in [0.2, 0.25) is 0 Å². The molecule has 0 spiro atoms. The Morgan fingerprint density at radius 1 is 1.31 bits per heavy atom. The van der Waals surface area contributed by atoms with Gasteiger partial charge in [-0.05, 0) is 52.7 Å². The van der Waals surface area contributed by atoms with Crippen molar-refractivity contribution >= 4 is 0 Å². The number of hydrogen-bond donors (Lipinski definition) is 0. The molecule has 0 aromatic rings. The molecule has 0 N–H and O–H groups in total. The van der Waals surface area contributed by atoms with Crippen molar-refractivity contribution < 1.29 is 0 Å². The van der Waals surface area contributed by atoms with E-state index in [1.54, 1.807) is 0 Å². The third kappa shape index (κ3) is 3.65. The van der Waals surface area contributed by atoms with Gasteiger partial charge in [0.15, 0.2) is 0 Å². The summed E-state index contributed by atoms with van der Waals surface area (Å²) in [5, 5.41) is 0.